The molecule has 24 heavy (non-hydrogen) atoms. The minimum Gasteiger partial charge on any atom is -0.444 e. The number of hydrogen-bond donors (Lipinski definition) is 0. The topological polar surface area (TPSA) is 58.8 Å². The van der Waals surface area contributed by atoms with Crippen LogP contribution in [-0.2, 0) is 4.74 Å². The van der Waals surface area contributed by atoms with Gasteiger partial charge in [-0.2, -0.15) is 4.98 Å². The van der Waals surface area contributed by atoms with Crippen LogP contribution in [0.25, 0.3) is 11.1 Å². The maximum absolute atomic E-state index is 12.1. The van der Waals surface area contributed by atoms with E-state index in [0.717, 1.165) is 30.6 Å². The Kier molecular flexibility index (Phi) is 4.39. The third-order valence-electron chi connectivity index (χ3n) is 4.08. The first-order chi connectivity index (χ1) is 11.3. The molecular weight excluding hydrogens is 306 g/mol. The van der Waals surface area contributed by atoms with Crippen molar-refractivity contribution in [2.24, 2.45) is 5.92 Å². The highest BCUT2D eigenvalue weighted by molar-refractivity contribution is 5.74. The Labute approximate surface area is 142 Å². The van der Waals surface area contributed by atoms with Crippen molar-refractivity contribution < 1.29 is 13.9 Å². The molecule has 130 valence electrons. The highest BCUT2D eigenvalue weighted by Crippen LogP contribution is 2.24. The second kappa shape index (κ2) is 6.34. The molecule has 0 aliphatic carbocycles. The summed E-state index contributed by atoms with van der Waals surface area (Å²) >= 11 is 0. The third kappa shape index (κ3) is 3.80. The number of likely N-dealkylation sites (tertiary alicyclic amines) is 1. The number of fused-ring (bicyclic) bond motifs is 1. The molecule has 0 N–H and O–H groups in total. The monoisotopic (exact) mass is 331 g/mol. The number of rotatable bonds is 3. The first-order valence-corrected chi connectivity index (χ1v) is 8.36. The van der Waals surface area contributed by atoms with Gasteiger partial charge >= 0.3 is 6.09 Å². The highest BCUT2D eigenvalue weighted by Gasteiger charge is 2.30. The number of para-hydroxylation sites is 2. The summed E-state index contributed by atoms with van der Waals surface area (Å²) in [4.78, 5) is 20.5. The van der Waals surface area contributed by atoms with E-state index in [1.54, 1.807) is 4.90 Å². The Bertz CT molecular complexity index is 687. The molecule has 1 atom stereocenters. The van der Waals surface area contributed by atoms with Crippen LogP contribution in [0.4, 0.5) is 10.8 Å². The average Bonchev–Trinajstić information content (AvgIpc) is 3.11. The maximum atomic E-state index is 12.1. The summed E-state index contributed by atoms with van der Waals surface area (Å²) in [6, 6.07) is 8.36. The van der Waals surface area contributed by atoms with Crippen LogP contribution in [0.1, 0.15) is 27.2 Å². The van der Waals surface area contributed by atoms with Gasteiger partial charge in [0.25, 0.3) is 6.01 Å². The van der Waals surface area contributed by atoms with Gasteiger partial charge in [-0.25, -0.2) is 4.79 Å². The number of amides is 1. The molecule has 2 heterocycles. The minimum absolute atomic E-state index is 0.227. The van der Waals surface area contributed by atoms with E-state index in [4.69, 9.17) is 9.15 Å². The third-order valence-corrected chi connectivity index (χ3v) is 4.08. The van der Waals surface area contributed by atoms with Gasteiger partial charge in [0.2, 0.25) is 0 Å². The molecule has 2 aromatic rings. The van der Waals surface area contributed by atoms with Crippen molar-refractivity contribution >= 4 is 23.2 Å². The highest BCUT2D eigenvalue weighted by atomic mass is 16.6. The van der Waals surface area contributed by atoms with E-state index in [1.807, 2.05) is 57.0 Å². The normalized spacial score (nSPS) is 18.2. The first kappa shape index (κ1) is 16.6. The van der Waals surface area contributed by atoms with Crippen molar-refractivity contribution in [1.29, 1.82) is 0 Å². The van der Waals surface area contributed by atoms with E-state index >= 15 is 0 Å². The molecule has 1 aliphatic rings. The van der Waals surface area contributed by atoms with E-state index in [-0.39, 0.29) is 6.09 Å². The van der Waals surface area contributed by atoms with Crippen molar-refractivity contribution in [3.63, 3.8) is 0 Å². The fraction of sp³-hybridized carbons (Fsp3) is 0.556. The molecule has 1 aliphatic heterocycles. The summed E-state index contributed by atoms with van der Waals surface area (Å²) in [7, 11) is 1.97. The lowest BCUT2D eigenvalue weighted by Crippen LogP contribution is -2.36. The average molecular weight is 331 g/mol. The van der Waals surface area contributed by atoms with Gasteiger partial charge in [-0.05, 0) is 45.2 Å². The number of aromatic nitrogens is 1. The number of benzene rings is 1. The lowest BCUT2D eigenvalue weighted by molar-refractivity contribution is 0.0288. The minimum atomic E-state index is -0.454. The molecule has 1 aromatic carbocycles. The molecule has 0 spiro atoms. The van der Waals surface area contributed by atoms with Crippen LogP contribution in [-0.4, -0.2) is 48.3 Å². The number of hydrogen-bond acceptors (Lipinski definition) is 5. The van der Waals surface area contributed by atoms with Gasteiger partial charge in [-0.15, -0.1) is 0 Å². The van der Waals surface area contributed by atoms with Crippen LogP contribution in [0.2, 0.25) is 0 Å². The molecule has 1 fully saturated rings. The largest absolute Gasteiger partial charge is 0.444 e. The second-order valence-electron chi connectivity index (χ2n) is 7.43. The van der Waals surface area contributed by atoms with Crippen molar-refractivity contribution in [1.82, 2.24) is 9.88 Å². The number of carbonyl (C=O) groups is 1. The fourth-order valence-corrected chi connectivity index (χ4v) is 2.96. The Hall–Kier alpha value is -2.24. The Balaban J connectivity index is 1.57. The van der Waals surface area contributed by atoms with Gasteiger partial charge in [0.05, 0.1) is 0 Å². The van der Waals surface area contributed by atoms with Crippen LogP contribution in [0.3, 0.4) is 0 Å². The first-order valence-electron chi connectivity index (χ1n) is 8.36. The zero-order valence-corrected chi connectivity index (χ0v) is 14.8. The van der Waals surface area contributed by atoms with Gasteiger partial charge in [0.15, 0.2) is 5.58 Å². The predicted molar refractivity (Wildman–Crippen MR) is 93.2 cm³/mol. The van der Waals surface area contributed by atoms with Gasteiger partial charge in [0.1, 0.15) is 11.1 Å². The van der Waals surface area contributed by atoms with Gasteiger partial charge in [-0.3, -0.25) is 0 Å². The molecular formula is C18H25N3O3. The molecule has 1 saturated heterocycles. The molecule has 0 radical (unpaired) electrons. The Morgan fingerprint density at radius 1 is 1.42 bits per heavy atom. The molecule has 6 nitrogen and oxygen atoms in total. The van der Waals surface area contributed by atoms with Gasteiger partial charge < -0.3 is 19.0 Å². The van der Waals surface area contributed by atoms with Crippen molar-refractivity contribution in [2.45, 2.75) is 32.8 Å². The molecule has 1 unspecified atom stereocenters. The smallest absolute Gasteiger partial charge is 0.410 e. The lowest BCUT2D eigenvalue weighted by Gasteiger charge is -2.25. The van der Waals surface area contributed by atoms with Crippen molar-refractivity contribution in [3.8, 4) is 0 Å². The molecule has 6 heteroatoms. The number of oxazole rings is 1. The van der Waals surface area contributed by atoms with Crippen LogP contribution >= 0.6 is 0 Å². The maximum Gasteiger partial charge on any atom is 0.410 e. The van der Waals surface area contributed by atoms with E-state index in [2.05, 4.69) is 4.98 Å². The number of nitrogens with zero attached hydrogens (tertiary/aromatic N) is 3. The van der Waals surface area contributed by atoms with Gasteiger partial charge in [0, 0.05) is 26.7 Å². The number of carbonyl (C=O) groups excluding carboxylic acids is 1. The predicted octanol–water partition coefficient (Wildman–Crippen LogP) is 3.52. The standard InChI is InChI=1S/C18H25N3O3/c1-18(2,3)24-17(22)21-10-9-13(12-21)11-20(4)16-19-14-7-5-6-8-15(14)23-16/h5-8,13H,9-12H2,1-4H3. The number of ether oxygens (including phenoxy) is 1. The van der Waals surface area contributed by atoms with E-state index in [0.29, 0.717) is 18.5 Å². The summed E-state index contributed by atoms with van der Waals surface area (Å²) in [6.45, 7) is 7.91. The zero-order valence-electron chi connectivity index (χ0n) is 14.8. The van der Waals surface area contributed by atoms with Crippen LogP contribution in [0.5, 0.6) is 0 Å². The number of anilines is 1. The van der Waals surface area contributed by atoms with E-state index in [9.17, 15) is 4.79 Å². The Morgan fingerprint density at radius 2 is 2.17 bits per heavy atom. The van der Waals surface area contributed by atoms with Crippen molar-refractivity contribution in [2.75, 3.05) is 31.6 Å². The fourth-order valence-electron chi connectivity index (χ4n) is 2.96. The van der Waals surface area contributed by atoms with Crippen LogP contribution < -0.4 is 4.90 Å². The lowest BCUT2D eigenvalue weighted by atomic mass is 10.1. The summed E-state index contributed by atoms with van der Waals surface area (Å²) < 4.78 is 11.2. The zero-order chi connectivity index (χ0) is 17.3. The van der Waals surface area contributed by atoms with Crippen LogP contribution in [0.15, 0.2) is 28.7 Å². The molecule has 0 bridgehead atoms. The molecule has 1 amide bonds. The summed E-state index contributed by atoms with van der Waals surface area (Å²) in [5.74, 6) is 0.387. The molecule has 1 aromatic heterocycles. The molecule has 3 rings (SSSR count). The van der Waals surface area contributed by atoms with E-state index in [1.165, 1.54) is 0 Å². The molecule has 0 saturated carbocycles. The summed E-state index contributed by atoms with van der Waals surface area (Å²) in [6.07, 6.45) is 0.735. The van der Waals surface area contributed by atoms with Crippen LogP contribution in [0, 0.1) is 5.92 Å². The SMILES string of the molecule is CN(CC1CCN(C(=O)OC(C)(C)C)C1)c1nc2ccccc2o1. The summed E-state index contributed by atoms with van der Waals surface area (Å²) in [5, 5.41) is 0. The second-order valence-corrected chi connectivity index (χ2v) is 7.43. The van der Waals surface area contributed by atoms with Gasteiger partial charge in [-0.1, -0.05) is 12.1 Å². The van der Waals surface area contributed by atoms with E-state index < -0.39 is 5.60 Å². The quantitative estimate of drug-likeness (QED) is 0.861. The van der Waals surface area contributed by atoms with Crippen molar-refractivity contribution in [3.05, 3.63) is 24.3 Å². The Morgan fingerprint density at radius 3 is 2.88 bits per heavy atom. The summed E-state index contributed by atoms with van der Waals surface area (Å²) in [5.41, 5.74) is 1.20.